The van der Waals surface area contributed by atoms with E-state index < -0.39 is 0 Å². The smallest absolute Gasteiger partial charge is 0.128 e. The fourth-order valence-electron chi connectivity index (χ4n) is 1.04. The summed E-state index contributed by atoms with van der Waals surface area (Å²) in [4.78, 5) is 0. The molecule has 0 aromatic heterocycles. The molecule has 68 valence electrons. The standard InChI is InChI=1S/C11H12FN/c1-4-8(2)13-11-7-5-6-10(12)9(11)3/h1,5-8,13H,2-3H3. The van der Waals surface area contributed by atoms with Crippen LogP contribution in [0.1, 0.15) is 12.5 Å². The van der Waals surface area contributed by atoms with E-state index in [1.165, 1.54) is 6.07 Å². The Labute approximate surface area is 78.0 Å². The third-order valence-electron chi connectivity index (χ3n) is 1.89. The Morgan fingerprint density at radius 1 is 1.54 bits per heavy atom. The topological polar surface area (TPSA) is 12.0 Å². The Kier molecular flexibility index (Phi) is 2.92. The van der Waals surface area contributed by atoms with Crippen LogP contribution in [0.5, 0.6) is 0 Å². The highest BCUT2D eigenvalue weighted by Gasteiger charge is 2.04. The number of hydrogen-bond acceptors (Lipinski definition) is 1. The molecule has 0 saturated heterocycles. The van der Waals surface area contributed by atoms with Crippen molar-refractivity contribution >= 4 is 5.69 Å². The van der Waals surface area contributed by atoms with Gasteiger partial charge >= 0.3 is 0 Å². The van der Waals surface area contributed by atoms with E-state index in [9.17, 15) is 4.39 Å². The van der Waals surface area contributed by atoms with Crippen LogP contribution in [-0.2, 0) is 0 Å². The summed E-state index contributed by atoms with van der Waals surface area (Å²) in [6.45, 7) is 3.57. The van der Waals surface area contributed by atoms with Crippen LogP contribution in [0, 0.1) is 25.1 Å². The van der Waals surface area contributed by atoms with Crippen LogP contribution in [0.2, 0.25) is 0 Å². The number of hydrogen-bond donors (Lipinski definition) is 1. The molecule has 1 atom stereocenters. The van der Waals surface area contributed by atoms with Gasteiger partial charge in [0.2, 0.25) is 0 Å². The number of rotatable bonds is 2. The van der Waals surface area contributed by atoms with E-state index in [2.05, 4.69) is 11.2 Å². The van der Waals surface area contributed by atoms with Gasteiger partial charge in [-0.3, -0.25) is 0 Å². The van der Waals surface area contributed by atoms with Gasteiger partial charge in [0.25, 0.3) is 0 Å². The van der Waals surface area contributed by atoms with E-state index >= 15 is 0 Å². The van der Waals surface area contributed by atoms with Crippen molar-refractivity contribution < 1.29 is 4.39 Å². The zero-order valence-corrected chi connectivity index (χ0v) is 7.76. The average Bonchev–Trinajstić information content (AvgIpc) is 2.13. The van der Waals surface area contributed by atoms with Crippen LogP contribution >= 0.6 is 0 Å². The minimum Gasteiger partial charge on any atom is -0.372 e. The number of anilines is 1. The second-order valence-electron chi connectivity index (χ2n) is 2.95. The fourth-order valence-corrected chi connectivity index (χ4v) is 1.04. The lowest BCUT2D eigenvalue weighted by atomic mass is 10.2. The van der Waals surface area contributed by atoms with E-state index in [-0.39, 0.29) is 11.9 Å². The molecule has 1 unspecified atom stereocenters. The number of halogens is 1. The summed E-state index contributed by atoms with van der Waals surface area (Å²) in [7, 11) is 0. The van der Waals surface area contributed by atoms with E-state index in [0.29, 0.717) is 5.56 Å². The zero-order valence-electron chi connectivity index (χ0n) is 7.76. The van der Waals surface area contributed by atoms with Gasteiger partial charge in [-0.1, -0.05) is 12.0 Å². The lowest BCUT2D eigenvalue weighted by Crippen LogP contribution is -2.13. The first kappa shape index (κ1) is 9.60. The number of benzene rings is 1. The van der Waals surface area contributed by atoms with E-state index in [4.69, 9.17) is 6.42 Å². The molecule has 0 heterocycles. The van der Waals surface area contributed by atoms with Gasteiger partial charge in [0.15, 0.2) is 0 Å². The summed E-state index contributed by atoms with van der Waals surface area (Å²) in [5.41, 5.74) is 1.36. The van der Waals surface area contributed by atoms with Crippen LogP contribution in [-0.4, -0.2) is 6.04 Å². The molecule has 0 radical (unpaired) electrons. The Hall–Kier alpha value is -1.49. The summed E-state index contributed by atoms with van der Waals surface area (Å²) < 4.78 is 13.0. The fraction of sp³-hybridized carbons (Fsp3) is 0.273. The van der Waals surface area contributed by atoms with E-state index in [1.54, 1.807) is 13.0 Å². The molecule has 13 heavy (non-hydrogen) atoms. The average molecular weight is 177 g/mol. The predicted octanol–water partition coefficient (Wildman–Crippen LogP) is 2.57. The van der Waals surface area contributed by atoms with Gasteiger partial charge in [0, 0.05) is 11.3 Å². The molecule has 0 bridgehead atoms. The summed E-state index contributed by atoms with van der Waals surface area (Å²) in [6, 6.07) is 4.82. The lowest BCUT2D eigenvalue weighted by molar-refractivity contribution is 0.619. The highest BCUT2D eigenvalue weighted by atomic mass is 19.1. The number of nitrogens with one attached hydrogen (secondary N) is 1. The van der Waals surface area contributed by atoms with Gasteiger partial charge < -0.3 is 5.32 Å². The van der Waals surface area contributed by atoms with Crippen molar-refractivity contribution in [2.24, 2.45) is 0 Å². The second kappa shape index (κ2) is 3.95. The highest BCUT2D eigenvalue weighted by Crippen LogP contribution is 2.17. The third kappa shape index (κ3) is 2.22. The molecule has 0 spiro atoms. The van der Waals surface area contributed by atoms with Crippen molar-refractivity contribution in [2.75, 3.05) is 5.32 Å². The first-order chi connectivity index (χ1) is 6.15. The zero-order chi connectivity index (χ0) is 9.84. The van der Waals surface area contributed by atoms with Gasteiger partial charge in [0.1, 0.15) is 5.82 Å². The monoisotopic (exact) mass is 177 g/mol. The SMILES string of the molecule is C#CC(C)Nc1cccc(F)c1C. The molecule has 1 N–H and O–H groups in total. The van der Waals surface area contributed by atoms with Crippen molar-refractivity contribution in [2.45, 2.75) is 19.9 Å². The van der Waals surface area contributed by atoms with E-state index in [0.717, 1.165) is 5.69 Å². The van der Waals surface area contributed by atoms with Crippen LogP contribution in [0.15, 0.2) is 18.2 Å². The van der Waals surface area contributed by atoms with Gasteiger partial charge in [-0.15, -0.1) is 6.42 Å². The van der Waals surface area contributed by atoms with Crippen LogP contribution in [0.4, 0.5) is 10.1 Å². The van der Waals surface area contributed by atoms with Gasteiger partial charge in [0.05, 0.1) is 6.04 Å². The molecule has 1 aromatic rings. The molecule has 1 rings (SSSR count). The largest absolute Gasteiger partial charge is 0.372 e. The summed E-state index contributed by atoms with van der Waals surface area (Å²) in [5.74, 6) is 2.31. The van der Waals surface area contributed by atoms with Crippen LogP contribution in [0.25, 0.3) is 0 Å². The van der Waals surface area contributed by atoms with Gasteiger partial charge in [-0.2, -0.15) is 0 Å². The maximum Gasteiger partial charge on any atom is 0.128 e. The summed E-state index contributed by atoms with van der Waals surface area (Å²) >= 11 is 0. The maximum atomic E-state index is 13.0. The Bertz CT molecular complexity index is 338. The molecule has 0 fully saturated rings. The first-order valence-electron chi connectivity index (χ1n) is 4.13. The van der Waals surface area contributed by atoms with E-state index in [1.807, 2.05) is 13.0 Å². The van der Waals surface area contributed by atoms with Crippen molar-refractivity contribution in [1.82, 2.24) is 0 Å². The molecule has 1 aromatic carbocycles. The Morgan fingerprint density at radius 2 is 2.23 bits per heavy atom. The van der Waals surface area contributed by atoms with Gasteiger partial charge in [-0.05, 0) is 26.0 Å². The third-order valence-corrected chi connectivity index (χ3v) is 1.89. The molecule has 0 amide bonds. The van der Waals surface area contributed by atoms with Crippen LogP contribution < -0.4 is 5.32 Å². The minimum absolute atomic E-state index is 0.0829. The molecule has 1 nitrogen and oxygen atoms in total. The Morgan fingerprint density at radius 3 is 2.85 bits per heavy atom. The maximum absolute atomic E-state index is 13.0. The summed E-state index contributed by atoms with van der Waals surface area (Å²) in [5, 5.41) is 3.02. The molecule has 2 heteroatoms. The quantitative estimate of drug-likeness (QED) is 0.684. The molecule has 0 aliphatic carbocycles. The van der Waals surface area contributed by atoms with Crippen molar-refractivity contribution in [3.05, 3.63) is 29.6 Å². The van der Waals surface area contributed by atoms with Crippen molar-refractivity contribution in [3.63, 3.8) is 0 Å². The van der Waals surface area contributed by atoms with Crippen molar-refractivity contribution in [1.29, 1.82) is 0 Å². The van der Waals surface area contributed by atoms with Crippen molar-refractivity contribution in [3.8, 4) is 12.3 Å². The molecule has 0 aliphatic heterocycles. The van der Waals surface area contributed by atoms with Gasteiger partial charge in [-0.25, -0.2) is 4.39 Å². The predicted molar refractivity (Wildman–Crippen MR) is 53.1 cm³/mol. The molecule has 0 saturated carbocycles. The summed E-state index contributed by atoms with van der Waals surface area (Å²) in [6.07, 6.45) is 5.20. The normalized spacial score (nSPS) is 11.8. The number of terminal acetylenes is 1. The molecule has 0 aliphatic rings. The second-order valence-corrected chi connectivity index (χ2v) is 2.95. The molecular weight excluding hydrogens is 165 g/mol. The van der Waals surface area contributed by atoms with Crippen LogP contribution in [0.3, 0.4) is 0 Å². The Balaban J connectivity index is 2.90. The first-order valence-corrected chi connectivity index (χ1v) is 4.13. The highest BCUT2D eigenvalue weighted by molar-refractivity contribution is 5.52. The minimum atomic E-state index is -0.214. The molecular formula is C11H12FN. The lowest BCUT2D eigenvalue weighted by Gasteiger charge is -2.11.